The van der Waals surface area contributed by atoms with Gasteiger partial charge in [0.1, 0.15) is 12.0 Å². The number of rotatable bonds is 3. The van der Waals surface area contributed by atoms with Crippen molar-refractivity contribution in [3.05, 3.63) is 30.1 Å². The molecule has 0 bridgehead atoms. The van der Waals surface area contributed by atoms with Gasteiger partial charge >= 0.3 is 0 Å². The van der Waals surface area contributed by atoms with Crippen molar-refractivity contribution < 1.29 is 9.50 Å². The molecule has 1 unspecified atom stereocenters. The first-order valence-corrected chi connectivity index (χ1v) is 3.92. The first-order chi connectivity index (χ1) is 5.72. The molecular formula is C9H12FNO. The number of nitrogens with one attached hydrogen (secondary N) is 1. The number of hydrogen-bond acceptors (Lipinski definition) is 2. The predicted octanol–water partition coefficient (Wildman–Crippen LogP) is 1.97. The summed E-state index contributed by atoms with van der Waals surface area (Å²) >= 11 is 0. The Morgan fingerprint density at radius 2 is 2.33 bits per heavy atom. The summed E-state index contributed by atoms with van der Waals surface area (Å²) in [4.78, 5) is 0. The number of halogens is 1. The van der Waals surface area contributed by atoms with Gasteiger partial charge in [-0.3, -0.25) is 0 Å². The number of aliphatic hydroxyl groups is 1. The molecular weight excluding hydrogens is 157 g/mol. The van der Waals surface area contributed by atoms with Crippen LogP contribution < -0.4 is 5.32 Å². The number of anilines is 1. The van der Waals surface area contributed by atoms with Crippen molar-refractivity contribution in [1.29, 1.82) is 0 Å². The molecule has 66 valence electrons. The summed E-state index contributed by atoms with van der Waals surface area (Å²) in [6, 6.07) is 6.02. The van der Waals surface area contributed by atoms with E-state index in [-0.39, 0.29) is 5.82 Å². The Morgan fingerprint density at radius 1 is 1.58 bits per heavy atom. The van der Waals surface area contributed by atoms with E-state index in [0.29, 0.717) is 12.1 Å². The molecule has 0 radical (unpaired) electrons. The zero-order valence-corrected chi connectivity index (χ0v) is 6.92. The molecule has 1 rings (SSSR count). The van der Waals surface area contributed by atoms with E-state index in [1.54, 1.807) is 12.1 Å². The lowest BCUT2D eigenvalue weighted by molar-refractivity contribution is 0.199. The maximum atomic E-state index is 12.6. The highest BCUT2D eigenvalue weighted by atomic mass is 19.1. The minimum absolute atomic E-state index is 0.302. The topological polar surface area (TPSA) is 32.3 Å². The number of benzene rings is 1. The number of aliphatic hydroxyl groups excluding tert-OH is 1. The van der Waals surface area contributed by atoms with Gasteiger partial charge in [-0.2, -0.15) is 0 Å². The molecule has 1 aromatic rings. The van der Waals surface area contributed by atoms with Gasteiger partial charge in [0.2, 0.25) is 0 Å². The van der Waals surface area contributed by atoms with Gasteiger partial charge in [-0.25, -0.2) is 4.39 Å². The van der Waals surface area contributed by atoms with Crippen LogP contribution in [0.15, 0.2) is 24.3 Å². The molecule has 0 aliphatic carbocycles. The van der Waals surface area contributed by atoms with Crippen molar-refractivity contribution in [2.75, 3.05) is 5.32 Å². The number of hydrogen-bond donors (Lipinski definition) is 2. The van der Waals surface area contributed by atoms with Crippen LogP contribution in [0, 0.1) is 5.82 Å². The van der Waals surface area contributed by atoms with Gasteiger partial charge < -0.3 is 10.4 Å². The summed E-state index contributed by atoms with van der Waals surface area (Å²) in [5.41, 5.74) is 0.601. The minimum atomic E-state index is -0.605. The van der Waals surface area contributed by atoms with E-state index in [2.05, 4.69) is 5.32 Å². The van der Waals surface area contributed by atoms with Crippen LogP contribution in [-0.2, 0) is 0 Å². The van der Waals surface area contributed by atoms with Crippen LogP contribution in [0.4, 0.5) is 10.1 Å². The second kappa shape index (κ2) is 4.07. The fourth-order valence-electron chi connectivity index (χ4n) is 0.873. The lowest BCUT2D eigenvalue weighted by atomic mass is 10.3. The van der Waals surface area contributed by atoms with Gasteiger partial charge in [-0.15, -0.1) is 0 Å². The smallest absolute Gasteiger partial charge is 0.125 e. The molecule has 0 spiro atoms. The van der Waals surface area contributed by atoms with Crippen LogP contribution in [-0.4, -0.2) is 11.3 Å². The molecule has 2 N–H and O–H groups in total. The molecule has 0 amide bonds. The van der Waals surface area contributed by atoms with Crippen LogP contribution >= 0.6 is 0 Å². The maximum absolute atomic E-state index is 12.6. The van der Waals surface area contributed by atoms with Crippen LogP contribution in [0.5, 0.6) is 0 Å². The third-order valence-corrected chi connectivity index (χ3v) is 1.54. The summed E-state index contributed by atoms with van der Waals surface area (Å²) in [6.45, 7) is 1.84. The molecule has 0 aliphatic rings. The summed E-state index contributed by atoms with van der Waals surface area (Å²) < 4.78 is 12.6. The second-order valence-corrected chi connectivity index (χ2v) is 2.58. The molecule has 0 saturated carbocycles. The van der Waals surface area contributed by atoms with Crippen molar-refractivity contribution >= 4 is 5.69 Å². The van der Waals surface area contributed by atoms with Crippen molar-refractivity contribution in [3.8, 4) is 0 Å². The summed E-state index contributed by atoms with van der Waals surface area (Å²) in [7, 11) is 0. The van der Waals surface area contributed by atoms with Crippen molar-refractivity contribution in [3.63, 3.8) is 0 Å². The van der Waals surface area contributed by atoms with E-state index in [9.17, 15) is 4.39 Å². The Labute approximate surface area is 71.0 Å². The van der Waals surface area contributed by atoms with Crippen LogP contribution in [0.2, 0.25) is 0 Å². The first-order valence-electron chi connectivity index (χ1n) is 3.92. The van der Waals surface area contributed by atoms with E-state index in [1.807, 2.05) is 6.92 Å². The SMILES string of the molecule is CCC(O)Nc1cccc(F)c1. The Hall–Kier alpha value is -1.09. The fourth-order valence-corrected chi connectivity index (χ4v) is 0.873. The molecule has 0 aromatic heterocycles. The van der Waals surface area contributed by atoms with Gasteiger partial charge in [-0.1, -0.05) is 13.0 Å². The lowest BCUT2D eigenvalue weighted by Gasteiger charge is -2.11. The average Bonchev–Trinajstić information content (AvgIpc) is 2.04. The van der Waals surface area contributed by atoms with Gasteiger partial charge in [0, 0.05) is 5.69 Å². The van der Waals surface area contributed by atoms with Crippen LogP contribution in [0.1, 0.15) is 13.3 Å². The molecule has 3 heteroatoms. The molecule has 0 aliphatic heterocycles. The minimum Gasteiger partial charge on any atom is -0.374 e. The van der Waals surface area contributed by atoms with Crippen LogP contribution in [0.25, 0.3) is 0 Å². The van der Waals surface area contributed by atoms with Gasteiger partial charge in [0.25, 0.3) is 0 Å². The van der Waals surface area contributed by atoms with E-state index < -0.39 is 6.23 Å². The quantitative estimate of drug-likeness (QED) is 0.678. The maximum Gasteiger partial charge on any atom is 0.125 e. The van der Waals surface area contributed by atoms with E-state index in [0.717, 1.165) is 0 Å². The normalized spacial score (nSPS) is 12.6. The largest absolute Gasteiger partial charge is 0.374 e. The molecule has 1 atom stereocenters. The highest BCUT2D eigenvalue weighted by molar-refractivity contribution is 5.43. The molecule has 2 nitrogen and oxygen atoms in total. The zero-order valence-electron chi connectivity index (χ0n) is 6.92. The Bertz CT molecular complexity index is 252. The predicted molar refractivity (Wildman–Crippen MR) is 46.3 cm³/mol. The monoisotopic (exact) mass is 169 g/mol. The van der Waals surface area contributed by atoms with Gasteiger partial charge in [-0.05, 0) is 24.6 Å². The molecule has 0 fully saturated rings. The molecule has 1 aromatic carbocycles. The standard InChI is InChI=1S/C9H12FNO/c1-2-9(12)11-8-5-3-4-7(10)6-8/h3-6,9,11-12H,2H2,1H3. The third-order valence-electron chi connectivity index (χ3n) is 1.54. The third kappa shape index (κ3) is 2.51. The van der Waals surface area contributed by atoms with Crippen LogP contribution in [0.3, 0.4) is 0 Å². The summed E-state index contributed by atoms with van der Waals surface area (Å²) in [5, 5.41) is 11.9. The van der Waals surface area contributed by atoms with Crippen molar-refractivity contribution in [1.82, 2.24) is 0 Å². The van der Waals surface area contributed by atoms with Gasteiger partial charge in [0.05, 0.1) is 0 Å². The fraction of sp³-hybridized carbons (Fsp3) is 0.333. The molecule has 0 heterocycles. The van der Waals surface area contributed by atoms with Crippen molar-refractivity contribution in [2.45, 2.75) is 19.6 Å². The molecule has 0 saturated heterocycles. The van der Waals surface area contributed by atoms with Gasteiger partial charge in [0.15, 0.2) is 0 Å². The Kier molecular flexibility index (Phi) is 3.05. The first kappa shape index (κ1) is 9.00. The van der Waals surface area contributed by atoms with E-state index in [4.69, 9.17) is 5.11 Å². The lowest BCUT2D eigenvalue weighted by Crippen LogP contribution is -2.16. The Morgan fingerprint density at radius 3 is 2.92 bits per heavy atom. The van der Waals surface area contributed by atoms with E-state index >= 15 is 0 Å². The molecule has 12 heavy (non-hydrogen) atoms. The Balaban J connectivity index is 2.63. The van der Waals surface area contributed by atoms with Crippen molar-refractivity contribution in [2.24, 2.45) is 0 Å². The summed E-state index contributed by atoms with van der Waals surface area (Å²) in [5.74, 6) is -0.302. The highest BCUT2D eigenvalue weighted by Gasteiger charge is 1.99. The average molecular weight is 169 g/mol. The zero-order chi connectivity index (χ0) is 8.97. The second-order valence-electron chi connectivity index (χ2n) is 2.58. The summed E-state index contributed by atoms with van der Waals surface area (Å²) in [6.07, 6.45) is -0.0111. The van der Waals surface area contributed by atoms with E-state index in [1.165, 1.54) is 12.1 Å². The highest BCUT2D eigenvalue weighted by Crippen LogP contribution is 2.10.